The summed E-state index contributed by atoms with van der Waals surface area (Å²) in [5.74, 6) is -0.152. The van der Waals surface area contributed by atoms with E-state index >= 15 is 0 Å². The van der Waals surface area contributed by atoms with E-state index in [1.165, 1.54) is 0 Å². The van der Waals surface area contributed by atoms with E-state index in [1.54, 1.807) is 6.92 Å². The predicted molar refractivity (Wildman–Crippen MR) is 142 cm³/mol. The first kappa shape index (κ1) is 28.8. The van der Waals surface area contributed by atoms with Crippen LogP contribution in [-0.4, -0.2) is 47.6 Å². The number of carboxylic acids is 1. The minimum Gasteiger partial charge on any atom is -0.544 e. The second kappa shape index (κ2) is 11.9. The molecule has 2 aromatic heterocycles. The molecule has 0 unspecified atom stereocenters. The van der Waals surface area contributed by atoms with Crippen molar-refractivity contribution in [3.05, 3.63) is 61.8 Å². The van der Waals surface area contributed by atoms with Crippen molar-refractivity contribution in [3.63, 3.8) is 0 Å². The number of piperidine rings is 1. The van der Waals surface area contributed by atoms with E-state index in [0.717, 1.165) is 35.5 Å². The molecule has 1 amide bonds. The fraction of sp³-hybridized carbons (Fsp3) is 0.423. The summed E-state index contributed by atoms with van der Waals surface area (Å²) in [6.45, 7) is 5.93. The number of nitrogens with one attached hydrogen (secondary N) is 2. The molecule has 12 heteroatoms. The standard InChI is InChI=1S/C26H28Cl2N4O4S.Li/c1-3-4-9-36-15-7-5-14(6-8-15)10-18-23(25(34)35)37-26(30-18)32-11-16-17(12-32)21(16)31-24(33)22-20(28)19(27)13(2)29-22;/h5-8,16-17,21,29H,3-4,9-12H2,1-2H3,(H,31,33)(H,34,35);/q;+1/p-1/t16-,17+,21-;. The molecule has 8 nitrogen and oxygen atoms in total. The molecule has 2 N–H and O–H groups in total. The molecule has 1 aliphatic heterocycles. The zero-order valence-corrected chi connectivity index (χ0v) is 23.8. The van der Waals surface area contributed by atoms with Crippen LogP contribution >= 0.6 is 34.5 Å². The zero-order valence-electron chi connectivity index (χ0n) is 21.5. The molecule has 1 aliphatic carbocycles. The SMILES string of the molecule is CCCCOc1ccc(Cc2nc(N3C[C@@H]4[C@H](C3)[C@@H]4NC(=O)c3[nH]c(C)c(Cl)c3Cl)sc2C(=O)[O-])cc1.[Li+]. The number of aromatic carboxylic acids is 1. The van der Waals surface area contributed by atoms with Gasteiger partial charge in [-0.1, -0.05) is 60.0 Å². The van der Waals surface area contributed by atoms with Gasteiger partial charge in [-0.3, -0.25) is 4.79 Å². The van der Waals surface area contributed by atoms with E-state index in [-0.39, 0.29) is 58.2 Å². The second-order valence-corrected chi connectivity index (χ2v) is 11.3. The number of aromatic nitrogens is 2. The Morgan fingerprint density at radius 3 is 2.47 bits per heavy atom. The fourth-order valence-corrected chi connectivity index (χ4v) is 6.19. The molecule has 2 fully saturated rings. The number of aromatic amines is 1. The van der Waals surface area contributed by atoms with Gasteiger partial charge in [0.25, 0.3) is 5.91 Å². The number of halogens is 2. The number of ether oxygens (including phenoxy) is 1. The molecule has 3 heterocycles. The largest absolute Gasteiger partial charge is 1.00 e. The van der Waals surface area contributed by atoms with Crippen molar-refractivity contribution in [3.8, 4) is 5.75 Å². The van der Waals surface area contributed by atoms with Crippen molar-refractivity contribution in [2.45, 2.75) is 39.2 Å². The van der Waals surface area contributed by atoms with Crippen LogP contribution in [0.3, 0.4) is 0 Å². The quantitative estimate of drug-likeness (QED) is 0.280. The maximum Gasteiger partial charge on any atom is 1.00 e. The van der Waals surface area contributed by atoms with Gasteiger partial charge in [0.15, 0.2) is 5.13 Å². The normalized spacial score (nSPS) is 19.6. The summed E-state index contributed by atoms with van der Waals surface area (Å²) < 4.78 is 5.70. The fourth-order valence-electron chi connectivity index (χ4n) is 4.83. The van der Waals surface area contributed by atoms with Gasteiger partial charge in [-0.25, -0.2) is 4.98 Å². The van der Waals surface area contributed by atoms with E-state index in [2.05, 4.69) is 27.1 Å². The van der Waals surface area contributed by atoms with Gasteiger partial charge in [0.05, 0.1) is 33.2 Å². The number of carbonyl (C=O) groups excluding carboxylic acids is 2. The predicted octanol–water partition coefficient (Wildman–Crippen LogP) is 1.09. The third-order valence-corrected chi connectivity index (χ3v) is 9.06. The van der Waals surface area contributed by atoms with Crippen LogP contribution in [0.1, 0.15) is 56.9 Å². The second-order valence-electron chi connectivity index (χ2n) is 9.57. The van der Waals surface area contributed by atoms with Crippen molar-refractivity contribution in [1.82, 2.24) is 15.3 Å². The molecule has 0 bridgehead atoms. The molecule has 196 valence electrons. The molecule has 3 atom stereocenters. The van der Waals surface area contributed by atoms with Crippen LogP contribution in [0.15, 0.2) is 24.3 Å². The number of rotatable bonds is 10. The Balaban J connectivity index is 0.00000336. The first-order valence-corrected chi connectivity index (χ1v) is 13.9. The summed E-state index contributed by atoms with van der Waals surface area (Å²) in [5, 5.41) is 16.1. The molecule has 0 radical (unpaired) electrons. The number of H-pyrrole nitrogens is 1. The van der Waals surface area contributed by atoms with E-state index in [1.807, 2.05) is 24.3 Å². The van der Waals surface area contributed by atoms with Crippen LogP contribution in [0.4, 0.5) is 5.13 Å². The third-order valence-electron chi connectivity index (χ3n) is 6.98. The maximum atomic E-state index is 12.7. The van der Waals surface area contributed by atoms with Crippen LogP contribution < -0.4 is 38.9 Å². The van der Waals surface area contributed by atoms with E-state index < -0.39 is 5.97 Å². The van der Waals surface area contributed by atoms with Crippen LogP contribution in [0, 0.1) is 18.8 Å². The molecule has 2 aliphatic rings. The van der Waals surface area contributed by atoms with Gasteiger partial charge in [0, 0.05) is 43.1 Å². The number of fused-ring (bicyclic) bond motifs is 1. The summed E-state index contributed by atoms with van der Waals surface area (Å²) >= 11 is 13.4. The number of benzene rings is 1. The monoisotopic (exact) mass is 568 g/mol. The summed E-state index contributed by atoms with van der Waals surface area (Å²) in [6.07, 6.45) is 2.47. The van der Waals surface area contributed by atoms with Gasteiger partial charge >= 0.3 is 18.9 Å². The average molecular weight is 569 g/mol. The topological polar surface area (TPSA) is 110 Å². The minimum absolute atomic E-state index is 0. The van der Waals surface area contributed by atoms with Gasteiger partial charge in [-0.2, -0.15) is 0 Å². The Hall–Kier alpha value is -2.15. The average Bonchev–Trinajstić information content (AvgIpc) is 3.23. The molecule has 1 aromatic carbocycles. The molecular weight excluding hydrogens is 542 g/mol. The summed E-state index contributed by atoms with van der Waals surface area (Å²) in [6, 6.07) is 7.70. The number of aryl methyl sites for hydroxylation is 1. The number of hydrogen-bond acceptors (Lipinski definition) is 7. The Kier molecular flexibility index (Phi) is 9.06. The molecule has 1 saturated carbocycles. The first-order chi connectivity index (χ1) is 17.8. The van der Waals surface area contributed by atoms with Crippen molar-refractivity contribution < 1.29 is 38.3 Å². The number of unbranched alkanes of at least 4 members (excludes halogenated alkanes) is 1. The van der Waals surface area contributed by atoms with E-state index in [9.17, 15) is 14.7 Å². The number of anilines is 1. The number of carboxylic acid groups (broad SMARTS) is 1. The van der Waals surface area contributed by atoms with Crippen molar-refractivity contribution in [2.75, 3.05) is 24.6 Å². The number of nitrogens with zero attached hydrogens (tertiary/aromatic N) is 2. The van der Waals surface area contributed by atoms with Crippen LogP contribution in [0.25, 0.3) is 0 Å². The molecule has 1 saturated heterocycles. The Morgan fingerprint density at radius 2 is 1.89 bits per heavy atom. The van der Waals surface area contributed by atoms with E-state index in [0.29, 0.717) is 47.7 Å². The van der Waals surface area contributed by atoms with E-state index in [4.69, 9.17) is 27.9 Å². The summed E-state index contributed by atoms with van der Waals surface area (Å²) in [7, 11) is 0. The Morgan fingerprint density at radius 1 is 1.21 bits per heavy atom. The summed E-state index contributed by atoms with van der Waals surface area (Å²) in [4.78, 5) is 34.3. The third kappa shape index (κ3) is 5.87. The van der Waals surface area contributed by atoms with Crippen LogP contribution in [0.2, 0.25) is 10.0 Å². The Labute approximate surface area is 247 Å². The maximum absolute atomic E-state index is 12.7. The van der Waals surface area contributed by atoms with Gasteiger partial charge < -0.3 is 29.8 Å². The van der Waals surface area contributed by atoms with Crippen molar-refractivity contribution >= 4 is 51.5 Å². The molecule has 38 heavy (non-hydrogen) atoms. The number of thiazole rings is 1. The van der Waals surface area contributed by atoms with Crippen LogP contribution in [0.5, 0.6) is 5.75 Å². The molecule has 0 spiro atoms. The first-order valence-electron chi connectivity index (χ1n) is 12.3. The smallest absolute Gasteiger partial charge is 0.544 e. The van der Waals surface area contributed by atoms with Crippen LogP contribution in [-0.2, 0) is 6.42 Å². The Bertz CT molecular complexity index is 1320. The summed E-state index contributed by atoms with van der Waals surface area (Å²) in [5.41, 5.74) is 2.37. The zero-order chi connectivity index (χ0) is 26.3. The van der Waals surface area contributed by atoms with Crippen molar-refractivity contribution in [1.29, 1.82) is 0 Å². The number of hydrogen-bond donors (Lipinski definition) is 2. The van der Waals surface area contributed by atoms with Crippen molar-refractivity contribution in [2.24, 2.45) is 11.8 Å². The van der Waals surface area contributed by atoms with Gasteiger partial charge in [-0.15, -0.1) is 0 Å². The number of amides is 1. The molecule has 5 rings (SSSR count). The van der Waals surface area contributed by atoms with Gasteiger partial charge in [0.1, 0.15) is 11.4 Å². The number of carbonyl (C=O) groups is 2. The molecule has 3 aromatic rings. The minimum atomic E-state index is -1.22. The molecular formula is C26H27Cl2LiN4O4S. The van der Waals surface area contributed by atoms with Gasteiger partial charge in [0.2, 0.25) is 0 Å². The van der Waals surface area contributed by atoms with Gasteiger partial charge in [-0.05, 0) is 31.0 Å².